The lowest BCUT2D eigenvalue weighted by Crippen LogP contribution is -2.45. The molecule has 2 aliphatic rings. The third kappa shape index (κ3) is 5.34. The molecule has 2 rings (SSSR count). The predicted molar refractivity (Wildman–Crippen MR) is 96.4 cm³/mol. The molecule has 7 nitrogen and oxygen atoms in total. The molecule has 1 unspecified atom stereocenters. The Bertz CT molecular complexity index is 704. The minimum absolute atomic E-state index is 0.0872. The van der Waals surface area contributed by atoms with Crippen LogP contribution in [0.3, 0.4) is 0 Å². The minimum Gasteiger partial charge on any atom is -0.463 e. The maximum absolute atomic E-state index is 12.5. The lowest BCUT2D eigenvalue weighted by atomic mass is 10.1. The smallest absolute Gasteiger partial charge is 0.463 e. The number of amidine groups is 1. The Labute approximate surface area is 158 Å². The third-order valence-electron chi connectivity index (χ3n) is 3.84. The van der Waals surface area contributed by atoms with Crippen LogP contribution in [-0.2, 0) is 14.3 Å². The number of amides is 1. The molecule has 1 amide bonds. The lowest BCUT2D eigenvalue weighted by molar-refractivity contribution is -0.174. The second-order valence-electron chi connectivity index (χ2n) is 5.64. The van der Waals surface area contributed by atoms with Gasteiger partial charge >= 0.3 is 18.1 Å². The molecule has 1 fully saturated rings. The van der Waals surface area contributed by atoms with Crippen molar-refractivity contribution in [3.63, 3.8) is 0 Å². The molecule has 0 aromatic heterocycles. The molecule has 0 radical (unpaired) electrons. The van der Waals surface area contributed by atoms with Crippen molar-refractivity contribution in [3.8, 4) is 0 Å². The summed E-state index contributed by atoms with van der Waals surface area (Å²) in [5.41, 5.74) is 0.843. The Morgan fingerprint density at radius 1 is 1.52 bits per heavy atom. The fraction of sp³-hybridized carbons (Fsp3) is 0.500. The molecule has 0 spiro atoms. The number of nitrogens with one attached hydrogen (secondary N) is 1. The number of rotatable bonds is 7. The molecule has 1 atom stereocenters. The molecule has 0 aromatic rings. The molecule has 0 aromatic carbocycles. The number of esters is 1. The molecule has 2 aliphatic heterocycles. The number of carbonyl (C=O) groups is 2. The molecule has 1 N–H and O–H groups in total. The van der Waals surface area contributed by atoms with Crippen LogP contribution in [0.15, 0.2) is 32.9 Å². The van der Waals surface area contributed by atoms with Gasteiger partial charge in [-0.05, 0) is 19.0 Å². The van der Waals surface area contributed by atoms with Crippen LogP contribution < -0.4 is 5.32 Å². The molecular weight excluding hydrogens is 385 g/mol. The number of carbonyl (C=O) groups excluding carboxylic acids is 2. The highest BCUT2D eigenvalue weighted by Gasteiger charge is 2.43. The van der Waals surface area contributed by atoms with Gasteiger partial charge in [0.05, 0.1) is 30.5 Å². The van der Waals surface area contributed by atoms with Crippen molar-refractivity contribution in [2.45, 2.75) is 25.6 Å². The van der Waals surface area contributed by atoms with Crippen LogP contribution in [0.1, 0.15) is 13.3 Å². The SMILES string of the molecule is C=N/C=C\SCC1=NCC(C(=O)OCC)=C2CC(NC(=O)C(F)(F)F)CN12. The summed E-state index contributed by atoms with van der Waals surface area (Å²) >= 11 is 1.38. The van der Waals surface area contributed by atoms with Crippen molar-refractivity contribution >= 4 is 36.2 Å². The summed E-state index contributed by atoms with van der Waals surface area (Å²) in [6, 6.07) is -0.780. The number of aliphatic imine (C=N–C) groups is 2. The van der Waals surface area contributed by atoms with E-state index in [0.29, 0.717) is 22.9 Å². The highest BCUT2D eigenvalue weighted by Crippen LogP contribution is 2.31. The first kappa shape index (κ1) is 21.0. The quantitative estimate of drug-likeness (QED) is 0.517. The van der Waals surface area contributed by atoms with E-state index in [1.165, 1.54) is 18.0 Å². The van der Waals surface area contributed by atoms with E-state index >= 15 is 0 Å². The Kier molecular flexibility index (Phi) is 7.05. The first-order valence-corrected chi connectivity index (χ1v) is 9.13. The first-order chi connectivity index (χ1) is 12.8. The Morgan fingerprint density at radius 3 is 2.89 bits per heavy atom. The number of hydrogen-bond acceptors (Lipinski definition) is 7. The Balaban J connectivity index is 2.18. The van der Waals surface area contributed by atoms with Crippen LogP contribution in [0, 0.1) is 0 Å². The fourth-order valence-electron chi connectivity index (χ4n) is 2.73. The van der Waals surface area contributed by atoms with Gasteiger partial charge < -0.3 is 15.0 Å². The van der Waals surface area contributed by atoms with Gasteiger partial charge in [-0.15, -0.1) is 11.8 Å². The molecule has 0 aliphatic carbocycles. The highest BCUT2D eigenvalue weighted by molar-refractivity contribution is 8.02. The third-order valence-corrected chi connectivity index (χ3v) is 4.58. The van der Waals surface area contributed by atoms with Gasteiger partial charge in [0.25, 0.3) is 0 Å². The summed E-state index contributed by atoms with van der Waals surface area (Å²) in [7, 11) is 0. The summed E-state index contributed by atoms with van der Waals surface area (Å²) in [6.07, 6.45) is -3.36. The molecule has 27 heavy (non-hydrogen) atoms. The monoisotopic (exact) mass is 404 g/mol. The number of thioether (sulfide) groups is 1. The van der Waals surface area contributed by atoms with Gasteiger partial charge in [-0.3, -0.25) is 14.8 Å². The number of fused-ring (bicyclic) bond motifs is 1. The van der Waals surface area contributed by atoms with Crippen molar-refractivity contribution in [2.24, 2.45) is 9.98 Å². The molecule has 0 saturated carbocycles. The summed E-state index contributed by atoms with van der Waals surface area (Å²) in [5.74, 6) is -1.50. The van der Waals surface area contributed by atoms with E-state index in [-0.39, 0.29) is 26.1 Å². The highest BCUT2D eigenvalue weighted by atomic mass is 32.2. The summed E-state index contributed by atoms with van der Waals surface area (Å²) in [4.78, 5) is 33.0. The fourth-order valence-corrected chi connectivity index (χ4v) is 3.39. The van der Waals surface area contributed by atoms with E-state index in [2.05, 4.69) is 16.7 Å². The second-order valence-corrected chi connectivity index (χ2v) is 6.53. The van der Waals surface area contributed by atoms with E-state index in [1.54, 1.807) is 17.2 Å². The average molecular weight is 404 g/mol. The van der Waals surface area contributed by atoms with Gasteiger partial charge in [-0.1, -0.05) is 0 Å². The van der Waals surface area contributed by atoms with Crippen LogP contribution in [-0.4, -0.2) is 67.0 Å². The van der Waals surface area contributed by atoms with E-state index < -0.39 is 24.1 Å². The number of alkyl halides is 3. The maximum Gasteiger partial charge on any atom is 0.471 e. The van der Waals surface area contributed by atoms with E-state index in [1.807, 2.05) is 5.32 Å². The van der Waals surface area contributed by atoms with Crippen LogP contribution in [0.4, 0.5) is 13.2 Å². The summed E-state index contributed by atoms with van der Waals surface area (Å²) in [6.45, 7) is 5.35. The maximum atomic E-state index is 12.5. The number of nitrogens with zero attached hydrogens (tertiary/aromatic N) is 3. The number of hydrogen-bond donors (Lipinski definition) is 1. The summed E-state index contributed by atoms with van der Waals surface area (Å²) in [5, 5.41) is 3.68. The molecule has 1 saturated heterocycles. The average Bonchev–Trinajstić information content (AvgIpc) is 3.01. The minimum atomic E-state index is -4.96. The van der Waals surface area contributed by atoms with E-state index in [9.17, 15) is 22.8 Å². The topological polar surface area (TPSA) is 83.4 Å². The lowest BCUT2D eigenvalue weighted by Gasteiger charge is -2.27. The van der Waals surface area contributed by atoms with Crippen molar-refractivity contribution in [1.82, 2.24) is 10.2 Å². The zero-order valence-corrected chi connectivity index (χ0v) is 15.4. The van der Waals surface area contributed by atoms with Crippen LogP contribution >= 0.6 is 11.8 Å². The predicted octanol–water partition coefficient (Wildman–Crippen LogP) is 1.87. The van der Waals surface area contributed by atoms with Gasteiger partial charge in [0.15, 0.2) is 0 Å². The molecule has 11 heteroatoms. The molecule has 2 heterocycles. The van der Waals surface area contributed by atoms with Crippen molar-refractivity contribution in [2.75, 3.05) is 25.4 Å². The normalized spacial score (nSPS) is 19.8. The zero-order valence-electron chi connectivity index (χ0n) is 14.6. The second kappa shape index (κ2) is 9.07. The Hall–Kier alpha value is -2.30. The Morgan fingerprint density at radius 2 is 2.26 bits per heavy atom. The zero-order chi connectivity index (χ0) is 20.0. The van der Waals surface area contributed by atoms with Crippen LogP contribution in [0.5, 0.6) is 0 Å². The van der Waals surface area contributed by atoms with Gasteiger partial charge in [-0.25, -0.2) is 4.79 Å². The van der Waals surface area contributed by atoms with Gasteiger partial charge in [-0.2, -0.15) is 13.2 Å². The van der Waals surface area contributed by atoms with Crippen LogP contribution in [0.2, 0.25) is 0 Å². The van der Waals surface area contributed by atoms with Crippen molar-refractivity contribution in [3.05, 3.63) is 22.9 Å². The van der Waals surface area contributed by atoms with Gasteiger partial charge in [0.1, 0.15) is 5.84 Å². The molecular formula is C16H19F3N4O3S. The first-order valence-electron chi connectivity index (χ1n) is 8.08. The van der Waals surface area contributed by atoms with E-state index in [4.69, 9.17) is 4.74 Å². The standard InChI is InChI=1S/C16H19F3N4O3S/c1-3-26-14(24)11-7-21-13(9-27-5-4-20-2)23-8-10(6-12(11)23)22-15(25)16(17,18)19/h4-5,10H,2-3,6-9H2,1H3,(H,22,25)/b5-4-. The molecule has 0 bridgehead atoms. The van der Waals surface area contributed by atoms with Gasteiger partial charge in [0.2, 0.25) is 0 Å². The number of halogens is 3. The van der Waals surface area contributed by atoms with Crippen molar-refractivity contribution in [1.29, 1.82) is 0 Å². The largest absolute Gasteiger partial charge is 0.471 e. The van der Waals surface area contributed by atoms with E-state index in [0.717, 1.165) is 0 Å². The van der Waals surface area contributed by atoms with Crippen molar-refractivity contribution < 1.29 is 27.5 Å². The summed E-state index contributed by atoms with van der Waals surface area (Å²) < 4.78 is 42.6. The van der Waals surface area contributed by atoms with Crippen LogP contribution in [0.25, 0.3) is 0 Å². The molecule has 148 valence electrons. The van der Waals surface area contributed by atoms with Gasteiger partial charge in [0, 0.05) is 24.9 Å². The number of ether oxygens (including phenoxy) is 1.